The van der Waals surface area contributed by atoms with Crippen molar-refractivity contribution in [2.45, 2.75) is 91.9 Å². The van der Waals surface area contributed by atoms with Crippen molar-refractivity contribution in [2.75, 3.05) is 0 Å². The van der Waals surface area contributed by atoms with Crippen LogP contribution in [0.2, 0.25) is 0 Å². The third-order valence-electron chi connectivity index (χ3n) is 4.60. The molecule has 0 aromatic carbocycles. The first kappa shape index (κ1) is 27.8. The Balaban J connectivity index is 5.08. The second kappa shape index (κ2) is 13.2. The van der Waals surface area contributed by atoms with E-state index in [2.05, 4.69) is 16.0 Å². The van der Waals surface area contributed by atoms with Gasteiger partial charge in [0.05, 0.1) is 6.42 Å². The predicted molar refractivity (Wildman–Crippen MR) is 115 cm³/mol. The largest absolute Gasteiger partial charge is 0.481 e. The molecule has 9 heteroatoms. The van der Waals surface area contributed by atoms with Crippen LogP contribution in [0.4, 0.5) is 0 Å². The highest BCUT2D eigenvalue weighted by molar-refractivity contribution is 5.92. The van der Waals surface area contributed by atoms with E-state index in [9.17, 15) is 19.2 Å². The Labute approximate surface area is 179 Å². The molecule has 30 heavy (non-hydrogen) atoms. The van der Waals surface area contributed by atoms with Crippen molar-refractivity contribution in [3.63, 3.8) is 0 Å². The quantitative estimate of drug-likeness (QED) is 0.295. The minimum atomic E-state index is -1.02. The minimum Gasteiger partial charge on any atom is -0.481 e. The first-order valence-corrected chi connectivity index (χ1v) is 10.6. The molecule has 0 heterocycles. The average Bonchev–Trinajstić information content (AvgIpc) is 2.54. The molecule has 4 atom stereocenters. The average molecular weight is 429 g/mol. The highest BCUT2D eigenvalue weighted by atomic mass is 16.4. The summed E-state index contributed by atoms with van der Waals surface area (Å²) in [5.41, 5.74) is 5.99. The van der Waals surface area contributed by atoms with Crippen molar-refractivity contribution in [3.8, 4) is 0 Å². The number of hydrogen-bond donors (Lipinski definition) is 5. The van der Waals surface area contributed by atoms with Gasteiger partial charge in [0.1, 0.15) is 12.1 Å². The summed E-state index contributed by atoms with van der Waals surface area (Å²) < 4.78 is 0. The molecule has 174 valence electrons. The van der Waals surface area contributed by atoms with Gasteiger partial charge in [0.2, 0.25) is 17.7 Å². The second-order valence-corrected chi connectivity index (χ2v) is 9.12. The fourth-order valence-corrected chi connectivity index (χ4v) is 3.12. The zero-order valence-corrected chi connectivity index (χ0v) is 19.3. The molecule has 9 nitrogen and oxygen atoms in total. The van der Waals surface area contributed by atoms with Crippen LogP contribution in [0, 0.1) is 17.8 Å². The third kappa shape index (κ3) is 11.1. The highest BCUT2D eigenvalue weighted by Gasteiger charge is 2.31. The summed E-state index contributed by atoms with van der Waals surface area (Å²) in [6, 6.07) is -2.52. The van der Waals surface area contributed by atoms with E-state index in [0.717, 1.165) is 0 Å². The molecule has 3 unspecified atom stereocenters. The van der Waals surface area contributed by atoms with Gasteiger partial charge in [0.25, 0.3) is 0 Å². The fraction of sp³-hybridized carbons (Fsp3) is 0.810. The first-order chi connectivity index (χ1) is 13.7. The Morgan fingerprint density at radius 3 is 1.67 bits per heavy atom. The van der Waals surface area contributed by atoms with Gasteiger partial charge >= 0.3 is 5.97 Å². The molecule has 0 bridgehead atoms. The number of amides is 3. The lowest BCUT2D eigenvalue weighted by Gasteiger charge is -2.28. The number of nitrogens with one attached hydrogen (secondary N) is 3. The van der Waals surface area contributed by atoms with Gasteiger partial charge in [-0.15, -0.1) is 0 Å². The zero-order valence-electron chi connectivity index (χ0n) is 19.3. The van der Waals surface area contributed by atoms with Crippen molar-refractivity contribution in [1.29, 1.82) is 0 Å². The van der Waals surface area contributed by atoms with Gasteiger partial charge < -0.3 is 26.8 Å². The van der Waals surface area contributed by atoms with Crippen molar-refractivity contribution in [1.82, 2.24) is 16.0 Å². The van der Waals surface area contributed by atoms with Crippen LogP contribution < -0.4 is 21.7 Å². The topological polar surface area (TPSA) is 151 Å². The van der Waals surface area contributed by atoms with Crippen molar-refractivity contribution < 1.29 is 24.3 Å². The van der Waals surface area contributed by atoms with Crippen molar-refractivity contribution in [3.05, 3.63) is 0 Å². The number of carboxylic acids is 1. The van der Waals surface area contributed by atoms with Gasteiger partial charge in [-0.2, -0.15) is 0 Å². The van der Waals surface area contributed by atoms with E-state index in [0.29, 0.717) is 12.3 Å². The van der Waals surface area contributed by atoms with Crippen LogP contribution in [0.1, 0.15) is 67.7 Å². The molecule has 6 N–H and O–H groups in total. The molecule has 0 aliphatic rings. The maximum atomic E-state index is 12.8. The second-order valence-electron chi connectivity index (χ2n) is 9.12. The number of rotatable bonds is 13. The monoisotopic (exact) mass is 428 g/mol. The van der Waals surface area contributed by atoms with E-state index in [1.165, 1.54) is 0 Å². The fourth-order valence-electron chi connectivity index (χ4n) is 3.12. The molecule has 0 aromatic rings. The summed E-state index contributed by atoms with van der Waals surface area (Å²) in [6.45, 7) is 12.8. The molecule has 0 aliphatic carbocycles. The van der Waals surface area contributed by atoms with E-state index < -0.39 is 35.9 Å². The molecule has 0 fully saturated rings. The van der Waals surface area contributed by atoms with E-state index >= 15 is 0 Å². The number of carboxylic acid groups (broad SMARTS) is 1. The van der Waals surface area contributed by atoms with Crippen LogP contribution in [0.25, 0.3) is 0 Å². The van der Waals surface area contributed by atoms with Crippen LogP contribution in [-0.4, -0.2) is 53.0 Å². The molecule has 3 amide bonds. The third-order valence-corrected chi connectivity index (χ3v) is 4.60. The van der Waals surface area contributed by atoms with Crippen LogP contribution in [0.15, 0.2) is 0 Å². The van der Waals surface area contributed by atoms with Gasteiger partial charge in [0.15, 0.2) is 0 Å². The molecular formula is C21H40N4O5. The van der Waals surface area contributed by atoms with Crippen molar-refractivity contribution in [2.24, 2.45) is 23.5 Å². The summed E-state index contributed by atoms with van der Waals surface area (Å²) >= 11 is 0. The van der Waals surface area contributed by atoms with Crippen LogP contribution in [-0.2, 0) is 19.2 Å². The van der Waals surface area contributed by atoms with Crippen LogP contribution in [0.3, 0.4) is 0 Å². The van der Waals surface area contributed by atoms with Crippen LogP contribution >= 0.6 is 0 Å². The van der Waals surface area contributed by atoms with Crippen molar-refractivity contribution >= 4 is 23.7 Å². The predicted octanol–water partition coefficient (Wildman–Crippen LogP) is 1.01. The SMILES string of the molecule is CC(C)CC(N)CC(=O)NC(C(=O)N[C@H](C(=O)NC(C)CC(=O)O)C(C)C)C(C)C. The number of nitrogens with two attached hydrogens (primary N) is 1. The molecule has 0 spiro atoms. The van der Waals surface area contributed by atoms with Gasteiger partial charge in [-0.3, -0.25) is 19.2 Å². The Morgan fingerprint density at radius 2 is 1.23 bits per heavy atom. The normalized spacial score (nSPS) is 15.4. The van der Waals surface area contributed by atoms with E-state index in [1.807, 2.05) is 13.8 Å². The molecule has 0 saturated carbocycles. The van der Waals surface area contributed by atoms with Gasteiger partial charge in [-0.05, 0) is 31.1 Å². The summed E-state index contributed by atoms with van der Waals surface area (Å²) in [5.74, 6) is -2.31. The lowest BCUT2D eigenvalue weighted by atomic mass is 9.98. The Hall–Kier alpha value is -2.16. The summed E-state index contributed by atoms with van der Waals surface area (Å²) in [4.78, 5) is 48.5. The Bertz CT molecular complexity index is 592. The van der Waals surface area contributed by atoms with Gasteiger partial charge in [0, 0.05) is 18.5 Å². The maximum absolute atomic E-state index is 12.8. The Morgan fingerprint density at radius 1 is 0.767 bits per heavy atom. The van der Waals surface area contributed by atoms with E-state index in [4.69, 9.17) is 10.8 Å². The maximum Gasteiger partial charge on any atom is 0.305 e. The van der Waals surface area contributed by atoms with Gasteiger partial charge in [-0.1, -0.05) is 41.5 Å². The summed E-state index contributed by atoms with van der Waals surface area (Å²) in [6.07, 6.45) is 0.609. The number of aliphatic carboxylic acids is 1. The summed E-state index contributed by atoms with van der Waals surface area (Å²) in [7, 11) is 0. The lowest BCUT2D eigenvalue weighted by Crippen LogP contribution is -2.57. The molecule has 0 radical (unpaired) electrons. The molecule has 0 aromatic heterocycles. The highest BCUT2D eigenvalue weighted by Crippen LogP contribution is 2.09. The smallest absolute Gasteiger partial charge is 0.305 e. The van der Waals surface area contributed by atoms with Gasteiger partial charge in [-0.25, -0.2) is 0 Å². The summed E-state index contributed by atoms with van der Waals surface area (Å²) in [5, 5.41) is 16.9. The Kier molecular flexibility index (Phi) is 12.3. The zero-order chi connectivity index (χ0) is 23.6. The first-order valence-electron chi connectivity index (χ1n) is 10.6. The number of carbonyl (C=O) groups is 4. The minimum absolute atomic E-state index is 0.121. The number of hydrogen-bond acceptors (Lipinski definition) is 5. The lowest BCUT2D eigenvalue weighted by molar-refractivity contribution is -0.138. The standard InChI is InChI=1S/C21H40N4O5/c1-11(2)8-15(22)10-16(26)24-18(12(3)4)21(30)25-19(13(5)6)20(29)23-14(7)9-17(27)28/h11-15,18-19H,8-10,22H2,1-7H3,(H,23,29)(H,24,26)(H,25,30)(H,27,28)/t14?,15?,18?,19-/m0/s1. The molecule has 0 saturated heterocycles. The van der Waals surface area contributed by atoms with E-state index in [1.54, 1.807) is 34.6 Å². The number of carbonyl (C=O) groups excluding carboxylic acids is 3. The molecular weight excluding hydrogens is 388 g/mol. The van der Waals surface area contributed by atoms with E-state index in [-0.39, 0.29) is 36.6 Å². The van der Waals surface area contributed by atoms with Crippen LogP contribution in [0.5, 0.6) is 0 Å². The molecule has 0 rings (SSSR count). The molecule has 0 aliphatic heterocycles.